The van der Waals surface area contributed by atoms with E-state index in [-0.39, 0.29) is 23.8 Å². The summed E-state index contributed by atoms with van der Waals surface area (Å²) in [5, 5.41) is 0. The first kappa shape index (κ1) is 30.4. The van der Waals surface area contributed by atoms with Gasteiger partial charge in [0.2, 0.25) is 15.9 Å². The van der Waals surface area contributed by atoms with Gasteiger partial charge in [-0.2, -0.15) is 0 Å². The fraction of sp³-hybridized carbons (Fsp3) is 0.714. The Morgan fingerprint density at radius 3 is 2.45 bits per heavy atom. The number of ether oxygens (including phenoxy) is 2. The average molecular weight is 552 g/mol. The zero-order valence-corrected chi connectivity index (χ0v) is 24.2. The Labute approximate surface area is 228 Å². The highest BCUT2D eigenvalue weighted by molar-refractivity contribution is 7.88. The van der Waals surface area contributed by atoms with E-state index in [0.717, 1.165) is 19.3 Å². The van der Waals surface area contributed by atoms with Gasteiger partial charge >= 0.3 is 0 Å². The minimum absolute atomic E-state index is 0.0630. The summed E-state index contributed by atoms with van der Waals surface area (Å²) in [6, 6.07) is 7.22. The molecule has 0 aliphatic carbocycles. The Bertz CT molecular complexity index is 1020. The molecule has 2 aliphatic heterocycles. The first-order valence-corrected chi connectivity index (χ1v) is 15.7. The molecular formula is C28H45N3O6S. The highest BCUT2D eigenvalue weighted by Crippen LogP contribution is 2.26. The van der Waals surface area contributed by atoms with Crippen LogP contribution in [0.1, 0.15) is 62.7 Å². The van der Waals surface area contributed by atoms with Crippen molar-refractivity contribution in [2.45, 2.75) is 58.4 Å². The van der Waals surface area contributed by atoms with Crippen LogP contribution < -0.4 is 4.74 Å². The molecular weight excluding hydrogens is 506 g/mol. The molecule has 2 amide bonds. The summed E-state index contributed by atoms with van der Waals surface area (Å²) in [6.45, 7) is 7.68. The number of sulfonamides is 1. The van der Waals surface area contributed by atoms with Crippen LogP contribution in [0.4, 0.5) is 0 Å². The Morgan fingerprint density at radius 2 is 1.79 bits per heavy atom. The maximum Gasteiger partial charge on any atom is 0.257 e. The molecule has 3 rings (SSSR count). The van der Waals surface area contributed by atoms with Crippen LogP contribution in [-0.2, 0) is 19.6 Å². The van der Waals surface area contributed by atoms with Crippen molar-refractivity contribution >= 4 is 21.8 Å². The zero-order valence-electron chi connectivity index (χ0n) is 23.4. The van der Waals surface area contributed by atoms with Crippen LogP contribution in [0.2, 0.25) is 0 Å². The van der Waals surface area contributed by atoms with E-state index in [4.69, 9.17) is 9.47 Å². The van der Waals surface area contributed by atoms with Crippen molar-refractivity contribution in [3.63, 3.8) is 0 Å². The summed E-state index contributed by atoms with van der Waals surface area (Å²) in [6.07, 6.45) is 5.42. The van der Waals surface area contributed by atoms with E-state index in [0.29, 0.717) is 82.4 Å². The third-order valence-corrected chi connectivity index (χ3v) is 8.79. The van der Waals surface area contributed by atoms with Crippen LogP contribution in [0.5, 0.6) is 5.75 Å². The molecule has 0 N–H and O–H groups in total. The monoisotopic (exact) mass is 551 g/mol. The molecule has 38 heavy (non-hydrogen) atoms. The molecule has 1 saturated heterocycles. The number of amides is 2. The SMILES string of the molecule is COCCN1CCCCN(C(=O)CC2CCN(S(C)(=O)=O)CC2)[C@@H](CC(C)C)COc2ccccc2C1=O. The number of carbonyl (C=O) groups excluding carboxylic acids is 2. The third kappa shape index (κ3) is 8.68. The van der Waals surface area contributed by atoms with E-state index in [1.54, 1.807) is 18.1 Å². The van der Waals surface area contributed by atoms with Gasteiger partial charge in [-0.05, 0) is 56.1 Å². The lowest BCUT2D eigenvalue weighted by Gasteiger charge is -2.36. The second-order valence-corrected chi connectivity index (χ2v) is 13.0. The van der Waals surface area contributed by atoms with E-state index in [9.17, 15) is 18.0 Å². The Kier molecular flexibility index (Phi) is 11.4. The molecule has 10 heteroatoms. The van der Waals surface area contributed by atoms with Gasteiger partial charge in [-0.1, -0.05) is 26.0 Å². The van der Waals surface area contributed by atoms with Crippen molar-refractivity contribution in [3.05, 3.63) is 29.8 Å². The van der Waals surface area contributed by atoms with Crippen LogP contribution in [0, 0.1) is 11.8 Å². The van der Waals surface area contributed by atoms with Crippen molar-refractivity contribution < 1.29 is 27.5 Å². The maximum atomic E-state index is 13.7. The van der Waals surface area contributed by atoms with Crippen LogP contribution >= 0.6 is 0 Å². The van der Waals surface area contributed by atoms with Crippen LogP contribution in [0.15, 0.2) is 24.3 Å². The van der Waals surface area contributed by atoms with Gasteiger partial charge in [0, 0.05) is 46.3 Å². The number of methoxy groups -OCH3 is 1. The summed E-state index contributed by atoms with van der Waals surface area (Å²) in [5.74, 6) is 1.12. The molecule has 0 bridgehead atoms. The average Bonchev–Trinajstić information content (AvgIpc) is 2.87. The van der Waals surface area contributed by atoms with Crippen LogP contribution in [0.3, 0.4) is 0 Å². The number of benzene rings is 1. The van der Waals surface area contributed by atoms with E-state index in [1.165, 1.54) is 10.6 Å². The first-order valence-electron chi connectivity index (χ1n) is 13.8. The number of carbonyl (C=O) groups is 2. The normalized spacial score (nSPS) is 21.0. The molecule has 1 fully saturated rings. The summed E-state index contributed by atoms with van der Waals surface area (Å²) < 4.78 is 36.8. The molecule has 2 aliphatic rings. The molecule has 0 aromatic heterocycles. The lowest BCUT2D eigenvalue weighted by atomic mass is 9.93. The highest BCUT2D eigenvalue weighted by Gasteiger charge is 2.31. The molecule has 0 unspecified atom stereocenters. The molecule has 2 heterocycles. The molecule has 1 aromatic rings. The minimum Gasteiger partial charge on any atom is -0.491 e. The number of rotatable bonds is 8. The van der Waals surface area contributed by atoms with E-state index in [2.05, 4.69) is 13.8 Å². The molecule has 1 aromatic carbocycles. The zero-order chi connectivity index (χ0) is 27.7. The van der Waals surface area contributed by atoms with Gasteiger partial charge < -0.3 is 19.3 Å². The van der Waals surface area contributed by atoms with E-state index in [1.807, 2.05) is 23.1 Å². The van der Waals surface area contributed by atoms with Gasteiger partial charge in [-0.15, -0.1) is 0 Å². The lowest BCUT2D eigenvalue weighted by Crippen LogP contribution is -2.47. The maximum absolute atomic E-state index is 13.7. The second kappa shape index (κ2) is 14.3. The van der Waals surface area contributed by atoms with Crippen molar-refractivity contribution in [2.75, 3.05) is 59.3 Å². The molecule has 0 saturated carbocycles. The summed E-state index contributed by atoms with van der Waals surface area (Å²) >= 11 is 0. The van der Waals surface area contributed by atoms with Crippen LogP contribution in [-0.4, -0.2) is 99.7 Å². The van der Waals surface area contributed by atoms with Gasteiger partial charge in [0.05, 0.1) is 24.5 Å². The molecule has 0 radical (unpaired) electrons. The van der Waals surface area contributed by atoms with Gasteiger partial charge in [-0.25, -0.2) is 12.7 Å². The summed E-state index contributed by atoms with van der Waals surface area (Å²) in [5.41, 5.74) is 0.531. The summed E-state index contributed by atoms with van der Waals surface area (Å²) in [7, 11) is -1.57. The topological polar surface area (TPSA) is 96.5 Å². The smallest absolute Gasteiger partial charge is 0.257 e. The number of hydrogen-bond donors (Lipinski definition) is 0. The number of nitrogens with zero attached hydrogens (tertiary/aromatic N) is 3. The largest absolute Gasteiger partial charge is 0.491 e. The van der Waals surface area contributed by atoms with E-state index < -0.39 is 10.0 Å². The van der Waals surface area contributed by atoms with Gasteiger partial charge in [0.1, 0.15) is 12.4 Å². The Morgan fingerprint density at radius 1 is 1.11 bits per heavy atom. The predicted octanol–water partition coefficient (Wildman–Crippen LogP) is 3.25. The fourth-order valence-corrected chi connectivity index (χ4v) is 6.25. The van der Waals surface area contributed by atoms with Crippen molar-refractivity contribution in [1.82, 2.24) is 14.1 Å². The molecule has 1 atom stereocenters. The third-order valence-electron chi connectivity index (χ3n) is 7.49. The first-order chi connectivity index (χ1) is 18.1. The quantitative estimate of drug-likeness (QED) is 0.492. The molecule has 214 valence electrons. The summed E-state index contributed by atoms with van der Waals surface area (Å²) in [4.78, 5) is 30.9. The molecule has 9 nitrogen and oxygen atoms in total. The Balaban J connectivity index is 1.79. The standard InChI is InChI=1S/C28H45N3O6S/c1-22(2)19-24-21-37-26-10-6-5-9-25(26)28(33)29(17-18-36-3)13-7-8-14-31(24)27(32)20-23-11-15-30(16-12-23)38(4,34)35/h5-6,9-10,22-24H,7-8,11-21H2,1-4H3/t24-/m0/s1. The second-order valence-electron chi connectivity index (χ2n) is 11.0. The number of fused-ring (bicyclic) bond motifs is 1. The minimum atomic E-state index is -3.20. The van der Waals surface area contributed by atoms with Crippen molar-refractivity contribution in [1.29, 1.82) is 0 Å². The predicted molar refractivity (Wildman–Crippen MR) is 148 cm³/mol. The number of para-hydroxylation sites is 1. The van der Waals surface area contributed by atoms with Crippen molar-refractivity contribution in [3.8, 4) is 5.75 Å². The molecule has 0 spiro atoms. The lowest BCUT2D eigenvalue weighted by molar-refractivity contribution is -0.136. The number of piperidine rings is 1. The number of hydrogen-bond acceptors (Lipinski definition) is 6. The fourth-order valence-electron chi connectivity index (χ4n) is 5.38. The van der Waals surface area contributed by atoms with Crippen LogP contribution in [0.25, 0.3) is 0 Å². The van der Waals surface area contributed by atoms with Gasteiger partial charge in [0.25, 0.3) is 5.91 Å². The Hall–Kier alpha value is -2.17. The van der Waals surface area contributed by atoms with Crippen molar-refractivity contribution in [2.24, 2.45) is 11.8 Å². The van der Waals surface area contributed by atoms with Gasteiger partial charge in [0.15, 0.2) is 0 Å². The highest BCUT2D eigenvalue weighted by atomic mass is 32.2. The van der Waals surface area contributed by atoms with E-state index >= 15 is 0 Å². The van der Waals surface area contributed by atoms with Gasteiger partial charge in [-0.3, -0.25) is 9.59 Å².